The molecule has 1 aliphatic rings. The highest BCUT2D eigenvalue weighted by Crippen LogP contribution is 2.25. The van der Waals surface area contributed by atoms with Gasteiger partial charge in [0.25, 0.3) is 0 Å². The monoisotopic (exact) mass is 357 g/mol. The lowest BCUT2D eigenvalue weighted by atomic mass is 10.1. The minimum absolute atomic E-state index is 0.192. The predicted octanol–water partition coefficient (Wildman–Crippen LogP) is 3.90. The number of hydrogen-bond donors (Lipinski definition) is 1. The highest BCUT2D eigenvalue weighted by Gasteiger charge is 2.11. The molecular formula is C19H23N3O2S. The van der Waals surface area contributed by atoms with Crippen molar-refractivity contribution in [1.82, 2.24) is 9.88 Å². The van der Waals surface area contributed by atoms with E-state index in [2.05, 4.69) is 15.2 Å². The lowest BCUT2D eigenvalue weighted by molar-refractivity contribution is -0.111. The van der Waals surface area contributed by atoms with Crippen LogP contribution in [0.4, 0.5) is 5.69 Å². The van der Waals surface area contributed by atoms with Crippen molar-refractivity contribution >= 4 is 29.4 Å². The molecule has 1 amide bonds. The summed E-state index contributed by atoms with van der Waals surface area (Å²) in [6.07, 6.45) is 10.4. The van der Waals surface area contributed by atoms with E-state index >= 15 is 0 Å². The first-order chi connectivity index (χ1) is 12.3. The van der Waals surface area contributed by atoms with Crippen molar-refractivity contribution in [3.05, 3.63) is 48.6 Å². The quantitative estimate of drug-likeness (QED) is 0.601. The van der Waals surface area contributed by atoms with E-state index in [9.17, 15) is 4.79 Å². The van der Waals surface area contributed by atoms with E-state index in [1.54, 1.807) is 42.4 Å². The van der Waals surface area contributed by atoms with E-state index in [1.807, 2.05) is 12.1 Å². The number of amides is 1. The molecule has 1 aliphatic heterocycles. The second kappa shape index (κ2) is 9.44. The summed E-state index contributed by atoms with van der Waals surface area (Å²) in [6, 6.07) is 7.31. The number of furan rings is 1. The molecule has 0 aromatic carbocycles. The first-order valence-electron chi connectivity index (χ1n) is 8.64. The predicted molar refractivity (Wildman–Crippen MR) is 102 cm³/mol. The third-order valence-corrected chi connectivity index (χ3v) is 5.05. The molecule has 0 saturated carbocycles. The van der Waals surface area contributed by atoms with Gasteiger partial charge in [0.2, 0.25) is 5.91 Å². The molecule has 0 unspecified atom stereocenters. The zero-order valence-corrected chi connectivity index (χ0v) is 15.0. The van der Waals surface area contributed by atoms with Gasteiger partial charge in [0.05, 0.1) is 12.0 Å². The van der Waals surface area contributed by atoms with Crippen LogP contribution in [-0.2, 0) is 4.79 Å². The minimum atomic E-state index is -0.192. The standard InChI is InChI=1S/C19H23N3O2S/c23-18(9-8-16-6-5-14-24-16)21-17-7-4-10-20-19(17)25-15-13-22-11-2-1-3-12-22/h4-10,14H,1-3,11-13,15H2,(H,21,23)/b9-8+. The number of nitrogens with zero attached hydrogens (tertiary/aromatic N) is 2. The summed E-state index contributed by atoms with van der Waals surface area (Å²) in [6.45, 7) is 3.46. The second-order valence-corrected chi connectivity index (χ2v) is 7.03. The number of hydrogen-bond acceptors (Lipinski definition) is 5. The summed E-state index contributed by atoms with van der Waals surface area (Å²) in [4.78, 5) is 19.0. The molecule has 1 saturated heterocycles. The normalized spacial score (nSPS) is 15.5. The number of carbonyl (C=O) groups is 1. The molecule has 6 heteroatoms. The van der Waals surface area contributed by atoms with Gasteiger partial charge in [-0.05, 0) is 56.3 Å². The molecule has 0 spiro atoms. The molecule has 0 atom stereocenters. The molecule has 1 fully saturated rings. The van der Waals surface area contributed by atoms with Crippen molar-refractivity contribution in [2.24, 2.45) is 0 Å². The molecule has 1 N–H and O–H groups in total. The highest BCUT2D eigenvalue weighted by molar-refractivity contribution is 7.99. The Morgan fingerprint density at radius 3 is 2.96 bits per heavy atom. The van der Waals surface area contributed by atoms with Gasteiger partial charge in [-0.2, -0.15) is 0 Å². The van der Waals surface area contributed by atoms with Crippen LogP contribution in [0.2, 0.25) is 0 Å². The number of anilines is 1. The molecule has 0 radical (unpaired) electrons. The Labute approximate surface area is 152 Å². The zero-order valence-electron chi connectivity index (χ0n) is 14.2. The van der Waals surface area contributed by atoms with Crippen LogP contribution in [0.3, 0.4) is 0 Å². The van der Waals surface area contributed by atoms with E-state index in [-0.39, 0.29) is 5.91 Å². The van der Waals surface area contributed by atoms with Crippen molar-refractivity contribution in [3.63, 3.8) is 0 Å². The van der Waals surface area contributed by atoms with Crippen molar-refractivity contribution in [3.8, 4) is 0 Å². The summed E-state index contributed by atoms with van der Waals surface area (Å²) in [5, 5.41) is 3.76. The Bertz CT molecular complexity index is 694. The highest BCUT2D eigenvalue weighted by atomic mass is 32.2. The van der Waals surface area contributed by atoms with Crippen LogP contribution in [0.5, 0.6) is 0 Å². The molecule has 132 valence electrons. The Morgan fingerprint density at radius 2 is 2.16 bits per heavy atom. The Kier molecular flexibility index (Phi) is 6.71. The number of rotatable bonds is 7. The molecule has 2 aromatic heterocycles. The molecule has 2 aromatic rings. The smallest absolute Gasteiger partial charge is 0.248 e. The number of thioether (sulfide) groups is 1. The van der Waals surface area contributed by atoms with Crippen LogP contribution in [0, 0.1) is 0 Å². The summed E-state index contributed by atoms with van der Waals surface area (Å²) >= 11 is 1.69. The lowest BCUT2D eigenvalue weighted by Gasteiger charge is -2.26. The van der Waals surface area contributed by atoms with E-state index in [4.69, 9.17) is 4.42 Å². The van der Waals surface area contributed by atoms with Crippen LogP contribution >= 0.6 is 11.8 Å². The average molecular weight is 357 g/mol. The Balaban J connectivity index is 1.52. The second-order valence-electron chi connectivity index (χ2n) is 5.94. The summed E-state index contributed by atoms with van der Waals surface area (Å²) in [5.41, 5.74) is 0.750. The summed E-state index contributed by atoms with van der Waals surface area (Å²) in [5.74, 6) is 1.43. The van der Waals surface area contributed by atoms with E-state index in [0.29, 0.717) is 5.76 Å². The van der Waals surface area contributed by atoms with Gasteiger partial charge in [0, 0.05) is 24.6 Å². The van der Waals surface area contributed by atoms with Crippen molar-refractivity contribution in [1.29, 1.82) is 0 Å². The molecule has 3 heterocycles. The molecule has 0 bridgehead atoms. The van der Waals surface area contributed by atoms with Gasteiger partial charge in [-0.1, -0.05) is 6.42 Å². The Hall–Kier alpha value is -2.05. The minimum Gasteiger partial charge on any atom is -0.465 e. The molecular weight excluding hydrogens is 334 g/mol. The zero-order chi connectivity index (χ0) is 17.3. The van der Waals surface area contributed by atoms with Crippen molar-refractivity contribution in [2.45, 2.75) is 24.3 Å². The fraction of sp³-hybridized carbons (Fsp3) is 0.368. The maximum absolute atomic E-state index is 12.1. The molecule has 0 aliphatic carbocycles. The van der Waals surface area contributed by atoms with Crippen molar-refractivity contribution < 1.29 is 9.21 Å². The van der Waals surface area contributed by atoms with Gasteiger partial charge >= 0.3 is 0 Å². The number of aromatic nitrogens is 1. The fourth-order valence-electron chi connectivity index (χ4n) is 2.77. The third kappa shape index (κ3) is 5.76. The van der Waals surface area contributed by atoms with Crippen LogP contribution in [0.25, 0.3) is 6.08 Å². The fourth-order valence-corrected chi connectivity index (χ4v) is 3.73. The van der Waals surface area contributed by atoms with Crippen LogP contribution < -0.4 is 5.32 Å². The van der Waals surface area contributed by atoms with Crippen molar-refractivity contribution in [2.75, 3.05) is 30.7 Å². The third-order valence-electron chi connectivity index (χ3n) is 4.07. The van der Waals surface area contributed by atoms with E-state index in [1.165, 1.54) is 38.4 Å². The van der Waals surface area contributed by atoms with Crippen LogP contribution in [-0.4, -0.2) is 41.2 Å². The largest absolute Gasteiger partial charge is 0.465 e. The van der Waals surface area contributed by atoms with E-state index < -0.39 is 0 Å². The lowest BCUT2D eigenvalue weighted by Crippen LogP contribution is -2.31. The van der Waals surface area contributed by atoms with Crippen LogP contribution in [0.1, 0.15) is 25.0 Å². The van der Waals surface area contributed by atoms with Crippen LogP contribution in [0.15, 0.2) is 52.2 Å². The van der Waals surface area contributed by atoms with Gasteiger partial charge in [0.1, 0.15) is 10.8 Å². The first kappa shape index (κ1) is 17.8. The average Bonchev–Trinajstić information content (AvgIpc) is 3.16. The maximum Gasteiger partial charge on any atom is 0.248 e. The van der Waals surface area contributed by atoms with Gasteiger partial charge < -0.3 is 14.6 Å². The number of carbonyl (C=O) groups excluding carboxylic acids is 1. The topological polar surface area (TPSA) is 58.4 Å². The number of likely N-dealkylation sites (tertiary alicyclic amines) is 1. The number of nitrogens with one attached hydrogen (secondary N) is 1. The molecule has 25 heavy (non-hydrogen) atoms. The number of pyridine rings is 1. The molecule has 3 rings (SSSR count). The van der Waals surface area contributed by atoms with Gasteiger partial charge in [-0.15, -0.1) is 11.8 Å². The van der Waals surface area contributed by atoms with Gasteiger partial charge in [0.15, 0.2) is 0 Å². The van der Waals surface area contributed by atoms with E-state index in [0.717, 1.165) is 23.0 Å². The first-order valence-corrected chi connectivity index (χ1v) is 9.62. The van der Waals surface area contributed by atoms with Gasteiger partial charge in [-0.25, -0.2) is 4.98 Å². The number of piperidine rings is 1. The summed E-state index contributed by atoms with van der Waals surface area (Å²) in [7, 11) is 0. The SMILES string of the molecule is O=C(/C=C/c1ccco1)Nc1cccnc1SCCN1CCCCC1. The maximum atomic E-state index is 12.1. The summed E-state index contributed by atoms with van der Waals surface area (Å²) < 4.78 is 5.18. The van der Waals surface area contributed by atoms with Gasteiger partial charge in [-0.3, -0.25) is 4.79 Å². The Morgan fingerprint density at radius 1 is 1.28 bits per heavy atom. The molecule has 5 nitrogen and oxygen atoms in total.